The first-order chi connectivity index (χ1) is 20.2. The number of halogens is 1. The summed E-state index contributed by atoms with van der Waals surface area (Å²) in [5.41, 5.74) is 0.479. The molecule has 2 amide bonds. The highest BCUT2D eigenvalue weighted by Gasteiger charge is 2.77. The third-order valence-electron chi connectivity index (χ3n) is 8.89. The minimum atomic E-state index is -1.23. The summed E-state index contributed by atoms with van der Waals surface area (Å²) in [5, 5.41) is 10.2. The minimum absolute atomic E-state index is 0.216. The van der Waals surface area contributed by atoms with E-state index < -0.39 is 41.6 Å². The van der Waals surface area contributed by atoms with Gasteiger partial charge in [0.05, 0.1) is 37.2 Å². The first-order valence-corrected chi connectivity index (χ1v) is 15.9. The van der Waals surface area contributed by atoms with Crippen LogP contribution in [-0.2, 0) is 23.9 Å². The van der Waals surface area contributed by atoms with Crippen LogP contribution in [0.25, 0.3) is 0 Å². The van der Waals surface area contributed by atoms with Crippen molar-refractivity contribution < 1.29 is 29.0 Å². The Morgan fingerprint density at radius 3 is 2.45 bits per heavy atom. The number of carbonyl (C=O) groups is 3. The van der Waals surface area contributed by atoms with Gasteiger partial charge in [-0.25, -0.2) is 0 Å². The topological polar surface area (TPSA) is 99.6 Å². The maximum absolute atomic E-state index is 14.6. The lowest BCUT2D eigenvalue weighted by Gasteiger charge is -2.38. The number of amides is 2. The predicted molar refractivity (Wildman–Crippen MR) is 167 cm³/mol. The lowest BCUT2D eigenvalue weighted by molar-refractivity contribution is -0.155. The van der Waals surface area contributed by atoms with Crippen LogP contribution in [0.3, 0.4) is 0 Å². The van der Waals surface area contributed by atoms with Crippen LogP contribution in [-0.4, -0.2) is 89.3 Å². The van der Waals surface area contributed by atoms with Crippen molar-refractivity contribution in [2.24, 2.45) is 11.8 Å². The zero-order chi connectivity index (χ0) is 30.6. The molecular weight excluding hydrogens is 602 g/mol. The van der Waals surface area contributed by atoms with Gasteiger partial charge in [-0.2, -0.15) is 0 Å². The molecule has 3 aliphatic heterocycles. The van der Waals surface area contributed by atoms with Crippen molar-refractivity contribution in [2.75, 3.05) is 42.6 Å². The summed E-state index contributed by atoms with van der Waals surface area (Å²) >= 11 is 3.69. The molecule has 7 atom stereocenters. The standard InChI is InChI=1S/C32H44BrN3O6/c1-6-10-11-12-18-41-31(40)25-26-29(38)36(21(5)20-37)28(32(26)19-24(33)27(25)42-32)30(39)35(17-7-2)23-15-13-22(14-16-23)34(8-3)9-4/h6-7,13-16,21,24-28,37H,1-2,8-12,17-20H2,3-5H3/t21-,24?,25-,26+,27-,28?,32?/m1/s1. The van der Waals surface area contributed by atoms with Gasteiger partial charge in [0.1, 0.15) is 11.6 Å². The molecule has 3 saturated heterocycles. The average molecular weight is 647 g/mol. The van der Waals surface area contributed by atoms with Crippen molar-refractivity contribution in [3.8, 4) is 0 Å². The van der Waals surface area contributed by atoms with E-state index in [4.69, 9.17) is 9.47 Å². The second-order valence-corrected chi connectivity index (χ2v) is 12.5. The van der Waals surface area contributed by atoms with Gasteiger partial charge in [-0.1, -0.05) is 28.1 Å². The third-order valence-corrected chi connectivity index (χ3v) is 9.73. The molecular formula is C32H44BrN3O6. The van der Waals surface area contributed by atoms with Crippen molar-refractivity contribution in [1.29, 1.82) is 0 Å². The zero-order valence-corrected chi connectivity index (χ0v) is 26.5. The quantitative estimate of drug-likeness (QED) is 0.133. The highest BCUT2D eigenvalue weighted by Crippen LogP contribution is 2.60. The first-order valence-electron chi connectivity index (χ1n) is 15.0. The summed E-state index contributed by atoms with van der Waals surface area (Å²) in [6, 6.07) is 6.06. The van der Waals surface area contributed by atoms with Gasteiger partial charge in [0.2, 0.25) is 5.91 Å². The van der Waals surface area contributed by atoms with Crippen LogP contribution < -0.4 is 9.80 Å². The number of fused-ring (bicyclic) bond motifs is 1. The Hall–Kier alpha value is -2.69. The molecule has 1 spiro atoms. The molecule has 3 heterocycles. The van der Waals surface area contributed by atoms with Crippen LogP contribution in [0.4, 0.5) is 11.4 Å². The summed E-state index contributed by atoms with van der Waals surface area (Å²) < 4.78 is 12.2. The van der Waals surface area contributed by atoms with Gasteiger partial charge in [0.15, 0.2) is 0 Å². The van der Waals surface area contributed by atoms with E-state index in [1.54, 1.807) is 17.9 Å². The molecule has 0 saturated carbocycles. The first kappa shape index (κ1) is 32.2. The van der Waals surface area contributed by atoms with Crippen molar-refractivity contribution in [3.05, 3.63) is 49.6 Å². The third kappa shape index (κ3) is 5.65. The molecule has 1 N–H and O–H groups in total. The van der Waals surface area contributed by atoms with Crippen molar-refractivity contribution >= 4 is 45.1 Å². The molecule has 4 rings (SSSR count). The summed E-state index contributed by atoms with van der Waals surface area (Å²) in [6.45, 7) is 15.3. The van der Waals surface area contributed by atoms with Crippen molar-refractivity contribution in [1.82, 2.24) is 4.90 Å². The van der Waals surface area contributed by atoms with E-state index >= 15 is 0 Å². The maximum Gasteiger partial charge on any atom is 0.312 e. The Bertz CT molecular complexity index is 1160. The van der Waals surface area contributed by atoms with Crippen LogP contribution in [0.15, 0.2) is 49.6 Å². The number of benzene rings is 1. The number of aliphatic hydroxyl groups excluding tert-OH is 1. The molecule has 2 bridgehead atoms. The molecule has 3 aliphatic rings. The van der Waals surface area contributed by atoms with Gasteiger partial charge in [0.25, 0.3) is 5.91 Å². The Morgan fingerprint density at radius 2 is 1.86 bits per heavy atom. The van der Waals surface area contributed by atoms with Crippen LogP contribution in [0, 0.1) is 11.8 Å². The largest absolute Gasteiger partial charge is 0.465 e. The number of rotatable bonds is 15. The molecule has 10 heteroatoms. The van der Waals surface area contributed by atoms with E-state index in [0.29, 0.717) is 18.5 Å². The monoisotopic (exact) mass is 645 g/mol. The smallest absolute Gasteiger partial charge is 0.312 e. The highest BCUT2D eigenvalue weighted by molar-refractivity contribution is 9.09. The predicted octanol–water partition coefficient (Wildman–Crippen LogP) is 4.08. The molecule has 1 aromatic carbocycles. The number of ether oxygens (including phenoxy) is 2. The lowest BCUT2D eigenvalue weighted by atomic mass is 9.70. The van der Waals surface area contributed by atoms with E-state index in [0.717, 1.165) is 31.6 Å². The van der Waals surface area contributed by atoms with Gasteiger partial charge < -0.3 is 29.3 Å². The number of likely N-dealkylation sites (tertiary alicyclic amines) is 1. The molecule has 0 aliphatic carbocycles. The van der Waals surface area contributed by atoms with Crippen LogP contribution in [0.1, 0.15) is 46.5 Å². The number of alkyl halides is 1. The fourth-order valence-corrected chi connectivity index (χ4v) is 7.81. The summed E-state index contributed by atoms with van der Waals surface area (Å²) in [5.74, 6) is -2.90. The number of hydrogen-bond acceptors (Lipinski definition) is 7. The molecule has 0 aromatic heterocycles. The van der Waals surface area contributed by atoms with E-state index in [1.807, 2.05) is 30.3 Å². The van der Waals surface area contributed by atoms with E-state index in [9.17, 15) is 19.5 Å². The molecule has 3 unspecified atom stereocenters. The second-order valence-electron chi connectivity index (χ2n) is 11.3. The van der Waals surface area contributed by atoms with Gasteiger partial charge in [-0.3, -0.25) is 14.4 Å². The Morgan fingerprint density at radius 1 is 1.19 bits per heavy atom. The number of carbonyl (C=O) groups excluding carboxylic acids is 3. The molecule has 0 radical (unpaired) electrons. The number of unbranched alkanes of at least 4 members (excludes halogenated alkanes) is 2. The van der Waals surface area contributed by atoms with E-state index in [1.165, 1.54) is 4.90 Å². The average Bonchev–Trinajstić information content (AvgIpc) is 3.59. The van der Waals surface area contributed by atoms with Gasteiger partial charge in [-0.05, 0) is 70.7 Å². The van der Waals surface area contributed by atoms with Crippen molar-refractivity contribution in [3.63, 3.8) is 0 Å². The summed E-state index contributed by atoms with van der Waals surface area (Å²) in [4.78, 5) is 47.2. The number of anilines is 2. The Labute approximate surface area is 257 Å². The Balaban J connectivity index is 1.69. The molecule has 1 aromatic rings. The number of allylic oxidation sites excluding steroid dienone is 1. The van der Waals surface area contributed by atoms with Crippen LogP contribution in [0.2, 0.25) is 0 Å². The second kappa shape index (κ2) is 13.7. The van der Waals surface area contributed by atoms with Gasteiger partial charge in [0, 0.05) is 35.8 Å². The fourth-order valence-electron chi connectivity index (χ4n) is 6.87. The maximum atomic E-state index is 14.6. The number of aliphatic hydroxyl groups is 1. The lowest BCUT2D eigenvalue weighted by Crippen LogP contribution is -2.58. The van der Waals surface area contributed by atoms with Gasteiger partial charge in [-0.15, -0.1) is 13.2 Å². The normalized spacial score (nSPS) is 28.4. The molecule has 3 fully saturated rings. The Kier molecular flexibility index (Phi) is 10.5. The van der Waals surface area contributed by atoms with Gasteiger partial charge >= 0.3 is 5.97 Å². The SMILES string of the molecule is C=CCCCCOC(=O)[C@H]1[C@@H]2OC3(CC2Br)C(C(=O)N(CC=C)c2ccc(N(CC)CC)cc2)N([C@H](C)CO)C(=O)[C@H]13. The fraction of sp³-hybridized carbons (Fsp3) is 0.594. The number of hydrogen-bond donors (Lipinski definition) is 1. The summed E-state index contributed by atoms with van der Waals surface area (Å²) in [7, 11) is 0. The highest BCUT2D eigenvalue weighted by atomic mass is 79.9. The number of nitrogens with zero attached hydrogens (tertiary/aromatic N) is 3. The van der Waals surface area contributed by atoms with Crippen LogP contribution in [0.5, 0.6) is 0 Å². The van der Waals surface area contributed by atoms with Crippen LogP contribution >= 0.6 is 15.9 Å². The molecule has 42 heavy (non-hydrogen) atoms. The minimum Gasteiger partial charge on any atom is -0.465 e. The summed E-state index contributed by atoms with van der Waals surface area (Å²) in [6.07, 6.45) is 5.63. The van der Waals surface area contributed by atoms with E-state index in [-0.39, 0.29) is 36.4 Å². The van der Waals surface area contributed by atoms with E-state index in [2.05, 4.69) is 47.8 Å². The van der Waals surface area contributed by atoms with Crippen molar-refractivity contribution in [2.45, 2.75) is 75.1 Å². The number of esters is 1. The molecule has 9 nitrogen and oxygen atoms in total. The molecule has 230 valence electrons. The zero-order valence-electron chi connectivity index (χ0n) is 24.9.